The largest absolute Gasteiger partial charge is 0.453 e. The zero-order valence-corrected chi connectivity index (χ0v) is 10.4. The summed E-state index contributed by atoms with van der Waals surface area (Å²) in [4.78, 5) is 26.0. The Hall–Kier alpha value is -2.57. The number of nitrogens with one attached hydrogen (secondary N) is 3. The van der Waals surface area contributed by atoms with Crippen LogP contribution in [-0.4, -0.2) is 39.7 Å². The van der Waals surface area contributed by atoms with Crippen LogP contribution in [0.2, 0.25) is 0 Å². The molecule has 0 radical (unpaired) electrons. The second-order valence-electron chi connectivity index (χ2n) is 4.11. The molecule has 0 saturated heterocycles. The topological polar surface area (TPSA) is 95.7 Å². The zero-order chi connectivity index (χ0) is 13.2. The van der Waals surface area contributed by atoms with Crippen molar-refractivity contribution in [3.05, 3.63) is 24.3 Å². The van der Waals surface area contributed by atoms with E-state index >= 15 is 0 Å². The quantitative estimate of drug-likeness (QED) is 0.661. The molecule has 3 heterocycles. The third-order valence-corrected chi connectivity index (χ3v) is 2.90. The fraction of sp³-hybridized carbons (Fsp3) is 0.250. The Kier molecular flexibility index (Phi) is 2.79. The van der Waals surface area contributed by atoms with Crippen LogP contribution in [-0.2, 0) is 11.2 Å². The lowest BCUT2D eigenvalue weighted by Crippen LogP contribution is -2.25. The molecule has 0 aromatic carbocycles. The van der Waals surface area contributed by atoms with Crippen molar-refractivity contribution in [2.75, 3.05) is 13.7 Å². The molecule has 0 bridgehead atoms. The Morgan fingerprint density at radius 3 is 3.26 bits per heavy atom. The van der Waals surface area contributed by atoms with Crippen molar-refractivity contribution in [2.45, 2.75) is 6.42 Å². The molecule has 0 spiro atoms. The Morgan fingerprint density at radius 1 is 1.53 bits per heavy atom. The molecular weight excluding hydrogens is 246 g/mol. The predicted molar refractivity (Wildman–Crippen MR) is 69.9 cm³/mol. The van der Waals surface area contributed by atoms with Crippen molar-refractivity contribution >= 4 is 28.2 Å². The van der Waals surface area contributed by atoms with Crippen LogP contribution >= 0.6 is 0 Å². The minimum absolute atomic E-state index is 0.439. The van der Waals surface area contributed by atoms with Gasteiger partial charge in [-0.2, -0.15) is 0 Å². The second kappa shape index (κ2) is 4.60. The number of rotatable bonds is 3. The number of fused-ring (bicyclic) bond motifs is 3. The molecule has 0 aliphatic carbocycles. The number of hydrogen-bond acceptors (Lipinski definition) is 4. The number of methoxy groups -OCH3 is 1. The van der Waals surface area contributed by atoms with E-state index in [9.17, 15) is 4.79 Å². The molecule has 3 rings (SSSR count). The van der Waals surface area contributed by atoms with E-state index in [4.69, 9.17) is 0 Å². The van der Waals surface area contributed by atoms with Crippen molar-refractivity contribution in [3.8, 4) is 0 Å². The maximum absolute atomic E-state index is 10.9. The highest BCUT2D eigenvalue weighted by Gasteiger charge is 2.08. The van der Waals surface area contributed by atoms with Crippen LogP contribution in [0.15, 0.2) is 18.5 Å². The van der Waals surface area contributed by atoms with Crippen molar-refractivity contribution in [2.24, 2.45) is 0 Å². The third-order valence-electron chi connectivity index (χ3n) is 2.90. The lowest BCUT2D eigenvalue weighted by molar-refractivity contribution is 0.171. The molecule has 0 atom stereocenters. The Morgan fingerprint density at radius 2 is 2.42 bits per heavy atom. The molecule has 0 fully saturated rings. The molecule has 7 heteroatoms. The number of carbonyl (C=O) groups excluding carboxylic acids is 1. The van der Waals surface area contributed by atoms with Gasteiger partial charge in [-0.3, -0.25) is 0 Å². The molecule has 19 heavy (non-hydrogen) atoms. The highest BCUT2D eigenvalue weighted by molar-refractivity contribution is 6.00. The minimum Gasteiger partial charge on any atom is -0.453 e. The number of alkyl carbamates (subject to hydrolysis) is 1. The fourth-order valence-corrected chi connectivity index (χ4v) is 2.00. The third kappa shape index (κ3) is 2.10. The Bertz CT molecular complexity index is 730. The molecule has 3 aromatic rings. The number of aromatic amines is 2. The molecular formula is C12H13N5O2. The van der Waals surface area contributed by atoms with Gasteiger partial charge in [-0.1, -0.05) is 0 Å². The van der Waals surface area contributed by atoms with Gasteiger partial charge in [0.15, 0.2) is 0 Å². The molecule has 0 unspecified atom stereocenters. The zero-order valence-electron chi connectivity index (χ0n) is 10.4. The SMILES string of the molecule is COC(=O)NCCc1nc2c(cnc3[nH]ccc32)[nH]1. The molecule has 98 valence electrons. The van der Waals surface area contributed by atoms with Crippen molar-refractivity contribution in [1.82, 2.24) is 25.3 Å². The van der Waals surface area contributed by atoms with Crippen LogP contribution in [0.4, 0.5) is 4.79 Å². The molecule has 3 aromatic heterocycles. The highest BCUT2D eigenvalue weighted by atomic mass is 16.5. The molecule has 7 nitrogen and oxygen atoms in total. The first-order valence-electron chi connectivity index (χ1n) is 5.90. The van der Waals surface area contributed by atoms with Gasteiger partial charge >= 0.3 is 6.09 Å². The van der Waals surface area contributed by atoms with Crippen LogP contribution in [0.1, 0.15) is 5.82 Å². The average molecular weight is 259 g/mol. The van der Waals surface area contributed by atoms with Crippen LogP contribution in [0.3, 0.4) is 0 Å². The summed E-state index contributed by atoms with van der Waals surface area (Å²) in [5.41, 5.74) is 2.60. The molecule has 3 N–H and O–H groups in total. The second-order valence-corrected chi connectivity index (χ2v) is 4.11. The fourth-order valence-electron chi connectivity index (χ4n) is 2.00. The summed E-state index contributed by atoms with van der Waals surface area (Å²) in [5, 5.41) is 3.60. The molecule has 1 amide bonds. The first kappa shape index (κ1) is 11.5. The number of H-pyrrole nitrogens is 2. The van der Waals surface area contributed by atoms with Gasteiger partial charge in [-0.15, -0.1) is 0 Å². The van der Waals surface area contributed by atoms with Crippen LogP contribution in [0.5, 0.6) is 0 Å². The summed E-state index contributed by atoms with van der Waals surface area (Å²) in [6.45, 7) is 0.468. The van der Waals surface area contributed by atoms with E-state index < -0.39 is 6.09 Å². The summed E-state index contributed by atoms with van der Waals surface area (Å²) in [7, 11) is 1.34. The number of ether oxygens (including phenoxy) is 1. The number of amides is 1. The number of hydrogen-bond donors (Lipinski definition) is 3. The standard InChI is InChI=1S/C12H13N5O2/c1-19-12(18)14-5-3-9-16-8-6-15-11-7(2-4-13-11)10(8)17-9/h2,4,6H,3,5H2,1H3,(H,13,15)(H,14,18)(H,16,17). The van der Waals surface area contributed by atoms with Crippen LogP contribution in [0, 0.1) is 0 Å². The summed E-state index contributed by atoms with van der Waals surface area (Å²) in [6, 6.07) is 1.95. The van der Waals surface area contributed by atoms with Crippen LogP contribution < -0.4 is 5.32 Å². The van der Waals surface area contributed by atoms with Crippen molar-refractivity contribution in [1.29, 1.82) is 0 Å². The number of nitrogens with zero attached hydrogens (tertiary/aromatic N) is 2. The molecule has 0 aliphatic heterocycles. The smallest absolute Gasteiger partial charge is 0.406 e. The van der Waals surface area contributed by atoms with Gasteiger partial charge in [0, 0.05) is 24.5 Å². The first-order chi connectivity index (χ1) is 9.28. The number of pyridine rings is 1. The van der Waals surface area contributed by atoms with E-state index in [1.807, 2.05) is 12.3 Å². The first-order valence-corrected chi connectivity index (χ1v) is 5.90. The highest BCUT2D eigenvalue weighted by Crippen LogP contribution is 2.20. The van der Waals surface area contributed by atoms with E-state index in [0.717, 1.165) is 27.9 Å². The van der Waals surface area contributed by atoms with Gasteiger partial charge in [0.25, 0.3) is 0 Å². The van der Waals surface area contributed by atoms with Crippen molar-refractivity contribution in [3.63, 3.8) is 0 Å². The van der Waals surface area contributed by atoms with E-state index in [-0.39, 0.29) is 0 Å². The van der Waals surface area contributed by atoms with Gasteiger partial charge in [0.2, 0.25) is 0 Å². The van der Waals surface area contributed by atoms with Gasteiger partial charge in [0.05, 0.1) is 18.8 Å². The van der Waals surface area contributed by atoms with Crippen LogP contribution in [0.25, 0.3) is 22.1 Å². The van der Waals surface area contributed by atoms with E-state index in [0.29, 0.717) is 13.0 Å². The Labute approximate surface area is 108 Å². The molecule has 0 saturated carbocycles. The summed E-state index contributed by atoms with van der Waals surface area (Å²) < 4.78 is 4.50. The lowest BCUT2D eigenvalue weighted by Gasteiger charge is -2.00. The van der Waals surface area contributed by atoms with E-state index in [1.165, 1.54) is 7.11 Å². The Balaban J connectivity index is 1.83. The number of carbonyl (C=O) groups is 1. The van der Waals surface area contributed by atoms with E-state index in [2.05, 4.69) is 30.0 Å². The number of aromatic nitrogens is 4. The van der Waals surface area contributed by atoms with Gasteiger partial charge in [0.1, 0.15) is 17.0 Å². The van der Waals surface area contributed by atoms with Gasteiger partial charge in [-0.05, 0) is 6.07 Å². The van der Waals surface area contributed by atoms with Gasteiger partial charge < -0.3 is 20.0 Å². The minimum atomic E-state index is -0.439. The summed E-state index contributed by atoms with van der Waals surface area (Å²) >= 11 is 0. The van der Waals surface area contributed by atoms with Crippen molar-refractivity contribution < 1.29 is 9.53 Å². The summed E-state index contributed by atoms with van der Waals surface area (Å²) in [5.74, 6) is 0.807. The monoisotopic (exact) mass is 259 g/mol. The van der Waals surface area contributed by atoms with Gasteiger partial charge in [-0.25, -0.2) is 14.8 Å². The maximum Gasteiger partial charge on any atom is 0.406 e. The lowest BCUT2D eigenvalue weighted by atomic mass is 10.3. The normalized spacial score (nSPS) is 11.0. The molecule has 0 aliphatic rings. The summed E-state index contributed by atoms with van der Waals surface area (Å²) in [6.07, 6.45) is 3.75. The van der Waals surface area contributed by atoms with E-state index in [1.54, 1.807) is 6.20 Å². The predicted octanol–water partition coefficient (Wildman–Crippen LogP) is 1.34. The maximum atomic E-state index is 10.9. The number of imidazole rings is 1. The average Bonchev–Trinajstić information content (AvgIpc) is 3.03.